The summed E-state index contributed by atoms with van der Waals surface area (Å²) in [6, 6.07) is 7.53. The van der Waals surface area contributed by atoms with Crippen LogP contribution in [0.5, 0.6) is 11.5 Å². The van der Waals surface area contributed by atoms with Crippen LogP contribution in [0.4, 0.5) is 24.5 Å². The van der Waals surface area contributed by atoms with Crippen LogP contribution in [0.15, 0.2) is 54.9 Å². The molecule has 8 nitrogen and oxygen atoms in total. The van der Waals surface area contributed by atoms with Gasteiger partial charge in [-0.25, -0.2) is 0 Å². The molecule has 0 aliphatic heterocycles. The predicted octanol–water partition coefficient (Wildman–Crippen LogP) is 5.53. The standard InChI is InChI=1S/C20H16ClF3N4O4/c1-12(10-27-11-14(21)9-25-27)19(29)26-15-6-16(28(30)31)8-18(7-15)32-17-4-2-3-13(5-17)20(22,23)24/h2-9,11-12H,10H2,1H3,(H,26,29). The number of alkyl halides is 3. The number of anilines is 1. The fourth-order valence-electron chi connectivity index (χ4n) is 2.76. The van der Waals surface area contributed by atoms with Crippen LogP contribution >= 0.6 is 11.6 Å². The lowest BCUT2D eigenvalue weighted by molar-refractivity contribution is -0.384. The lowest BCUT2D eigenvalue weighted by Gasteiger charge is -2.14. The Morgan fingerprint density at radius 2 is 2.03 bits per heavy atom. The Kier molecular flexibility index (Phi) is 6.68. The van der Waals surface area contributed by atoms with Crippen molar-refractivity contribution < 1.29 is 27.6 Å². The molecule has 0 fully saturated rings. The van der Waals surface area contributed by atoms with Crippen molar-refractivity contribution in [1.29, 1.82) is 0 Å². The summed E-state index contributed by atoms with van der Waals surface area (Å²) >= 11 is 5.79. The molecule has 1 atom stereocenters. The maximum absolute atomic E-state index is 12.9. The number of hydrogen-bond donors (Lipinski definition) is 1. The molecule has 3 rings (SSSR count). The second-order valence-corrected chi connectivity index (χ2v) is 7.31. The SMILES string of the molecule is CC(Cn1cc(Cl)cn1)C(=O)Nc1cc(Oc2cccc(C(F)(F)F)c2)cc([N+](=O)[O-])c1. The molecule has 1 amide bonds. The number of nitro groups is 1. The summed E-state index contributed by atoms with van der Waals surface area (Å²) in [6.07, 6.45) is -1.61. The number of rotatable bonds is 7. The van der Waals surface area contributed by atoms with Gasteiger partial charge < -0.3 is 10.1 Å². The van der Waals surface area contributed by atoms with E-state index in [1.807, 2.05) is 0 Å². The quantitative estimate of drug-likeness (QED) is 0.363. The van der Waals surface area contributed by atoms with Crippen LogP contribution in [0.1, 0.15) is 12.5 Å². The van der Waals surface area contributed by atoms with E-state index in [9.17, 15) is 28.1 Å². The highest BCUT2D eigenvalue weighted by Gasteiger charge is 2.30. The maximum atomic E-state index is 12.9. The van der Waals surface area contributed by atoms with E-state index in [0.29, 0.717) is 5.02 Å². The first-order valence-corrected chi connectivity index (χ1v) is 9.52. The zero-order chi connectivity index (χ0) is 23.5. The lowest BCUT2D eigenvalue weighted by atomic mass is 10.1. The summed E-state index contributed by atoms with van der Waals surface area (Å²) in [7, 11) is 0. The lowest BCUT2D eigenvalue weighted by Crippen LogP contribution is -2.24. The van der Waals surface area contributed by atoms with Crippen LogP contribution in [0, 0.1) is 16.0 Å². The van der Waals surface area contributed by atoms with Gasteiger partial charge in [0, 0.05) is 18.3 Å². The molecule has 0 bridgehead atoms. The molecule has 1 unspecified atom stereocenters. The van der Waals surface area contributed by atoms with E-state index in [1.165, 1.54) is 23.0 Å². The number of nitrogens with one attached hydrogen (secondary N) is 1. The minimum atomic E-state index is -4.57. The number of benzene rings is 2. The van der Waals surface area contributed by atoms with Crippen molar-refractivity contribution in [3.63, 3.8) is 0 Å². The average Bonchev–Trinajstić information content (AvgIpc) is 3.11. The number of ether oxygens (including phenoxy) is 1. The minimum Gasteiger partial charge on any atom is -0.457 e. The second-order valence-electron chi connectivity index (χ2n) is 6.87. The number of carbonyl (C=O) groups is 1. The van der Waals surface area contributed by atoms with Gasteiger partial charge in [0.2, 0.25) is 5.91 Å². The van der Waals surface area contributed by atoms with Gasteiger partial charge in [-0.2, -0.15) is 18.3 Å². The van der Waals surface area contributed by atoms with Crippen LogP contribution in [0.3, 0.4) is 0 Å². The fourth-order valence-corrected chi connectivity index (χ4v) is 2.92. The number of hydrogen-bond acceptors (Lipinski definition) is 5. The Labute approximate surface area is 184 Å². The molecule has 0 saturated carbocycles. The van der Waals surface area contributed by atoms with Crippen molar-refractivity contribution in [2.24, 2.45) is 5.92 Å². The van der Waals surface area contributed by atoms with Gasteiger partial charge in [-0.05, 0) is 18.2 Å². The summed E-state index contributed by atoms with van der Waals surface area (Å²) in [5, 5.41) is 18.2. The molecular weight excluding hydrogens is 453 g/mol. The Balaban J connectivity index is 1.80. The third-order valence-corrected chi connectivity index (χ3v) is 4.47. The van der Waals surface area contributed by atoms with Crippen molar-refractivity contribution >= 4 is 28.9 Å². The minimum absolute atomic E-state index is 0.0523. The van der Waals surface area contributed by atoms with E-state index < -0.39 is 34.2 Å². The van der Waals surface area contributed by atoms with E-state index in [-0.39, 0.29) is 23.7 Å². The summed E-state index contributed by atoms with van der Waals surface area (Å²) in [4.78, 5) is 23.1. The fraction of sp³-hybridized carbons (Fsp3) is 0.200. The van der Waals surface area contributed by atoms with Gasteiger partial charge in [0.25, 0.3) is 5.69 Å². The Hall–Kier alpha value is -3.60. The Morgan fingerprint density at radius 1 is 1.28 bits per heavy atom. The molecule has 3 aromatic rings. The van der Waals surface area contributed by atoms with Gasteiger partial charge in [-0.3, -0.25) is 19.6 Å². The molecule has 1 N–H and O–H groups in total. The van der Waals surface area contributed by atoms with Crippen molar-refractivity contribution in [2.45, 2.75) is 19.6 Å². The first-order chi connectivity index (χ1) is 15.0. The van der Waals surface area contributed by atoms with Crippen LogP contribution in [-0.4, -0.2) is 20.6 Å². The molecule has 0 saturated heterocycles. The second kappa shape index (κ2) is 9.27. The highest BCUT2D eigenvalue weighted by atomic mass is 35.5. The van der Waals surface area contributed by atoms with Gasteiger partial charge in [-0.1, -0.05) is 24.6 Å². The number of carbonyl (C=O) groups excluding carboxylic acids is 1. The monoisotopic (exact) mass is 468 g/mol. The molecule has 0 radical (unpaired) electrons. The number of nitro benzene ring substituents is 1. The number of nitrogens with zero attached hydrogens (tertiary/aromatic N) is 3. The van der Waals surface area contributed by atoms with Crippen molar-refractivity contribution in [1.82, 2.24) is 9.78 Å². The molecule has 1 heterocycles. The smallest absolute Gasteiger partial charge is 0.416 e. The highest BCUT2D eigenvalue weighted by Crippen LogP contribution is 2.34. The molecule has 0 aliphatic rings. The van der Waals surface area contributed by atoms with Crippen molar-refractivity contribution in [3.8, 4) is 11.5 Å². The number of non-ortho nitro benzene ring substituents is 1. The molecule has 32 heavy (non-hydrogen) atoms. The van der Waals surface area contributed by atoms with Gasteiger partial charge in [0.1, 0.15) is 11.5 Å². The molecular formula is C20H16ClF3N4O4. The van der Waals surface area contributed by atoms with Gasteiger partial charge >= 0.3 is 6.18 Å². The largest absolute Gasteiger partial charge is 0.457 e. The van der Waals surface area contributed by atoms with Crippen LogP contribution < -0.4 is 10.1 Å². The van der Waals surface area contributed by atoms with Gasteiger partial charge in [0.05, 0.1) is 45.9 Å². The topological polar surface area (TPSA) is 99.3 Å². The van der Waals surface area contributed by atoms with Crippen LogP contribution in [-0.2, 0) is 17.5 Å². The first kappa shape index (κ1) is 23.1. The number of aromatic nitrogens is 2. The van der Waals surface area contributed by atoms with E-state index >= 15 is 0 Å². The predicted molar refractivity (Wildman–Crippen MR) is 110 cm³/mol. The van der Waals surface area contributed by atoms with Gasteiger partial charge in [-0.15, -0.1) is 0 Å². The first-order valence-electron chi connectivity index (χ1n) is 9.14. The summed E-state index contributed by atoms with van der Waals surface area (Å²) < 4.78 is 45.6. The molecule has 0 aliphatic carbocycles. The average molecular weight is 469 g/mol. The molecule has 2 aromatic carbocycles. The van der Waals surface area contributed by atoms with Crippen molar-refractivity contribution in [2.75, 3.05) is 5.32 Å². The normalized spacial score (nSPS) is 12.3. The zero-order valence-corrected chi connectivity index (χ0v) is 17.2. The van der Waals surface area contributed by atoms with Crippen LogP contribution in [0.25, 0.3) is 0 Å². The number of halogens is 4. The maximum Gasteiger partial charge on any atom is 0.416 e. The summed E-state index contributed by atoms with van der Waals surface area (Å²) in [5.41, 5.74) is -1.28. The van der Waals surface area contributed by atoms with Crippen molar-refractivity contribution in [3.05, 3.63) is 75.6 Å². The molecule has 12 heteroatoms. The third kappa shape index (κ3) is 5.97. The van der Waals surface area contributed by atoms with E-state index in [2.05, 4.69) is 10.4 Å². The summed E-state index contributed by atoms with van der Waals surface area (Å²) in [6.45, 7) is 1.84. The molecule has 1 aromatic heterocycles. The molecule has 168 valence electrons. The van der Waals surface area contributed by atoms with E-state index in [4.69, 9.17) is 16.3 Å². The third-order valence-electron chi connectivity index (χ3n) is 4.28. The van der Waals surface area contributed by atoms with E-state index in [1.54, 1.807) is 13.1 Å². The zero-order valence-electron chi connectivity index (χ0n) is 16.5. The Bertz CT molecular complexity index is 1150. The Morgan fingerprint density at radius 3 is 2.66 bits per heavy atom. The highest BCUT2D eigenvalue weighted by molar-refractivity contribution is 6.30. The molecule has 0 spiro atoms. The van der Waals surface area contributed by atoms with Gasteiger partial charge in [0.15, 0.2) is 0 Å². The number of amides is 1. The van der Waals surface area contributed by atoms with E-state index in [0.717, 1.165) is 30.3 Å². The van der Waals surface area contributed by atoms with Crippen LogP contribution in [0.2, 0.25) is 5.02 Å². The summed E-state index contributed by atoms with van der Waals surface area (Å²) in [5.74, 6) is -1.30.